The van der Waals surface area contributed by atoms with Gasteiger partial charge in [0, 0.05) is 36.1 Å². The van der Waals surface area contributed by atoms with Gasteiger partial charge in [-0.1, -0.05) is 18.2 Å². The number of fused-ring (bicyclic) bond motifs is 1. The van der Waals surface area contributed by atoms with Crippen LogP contribution >= 0.6 is 0 Å². The smallest absolute Gasteiger partial charge is 0.0799 e. The molecule has 84 valence electrons. The number of nitrogens with zero attached hydrogens (tertiary/aromatic N) is 3. The van der Waals surface area contributed by atoms with Crippen LogP contribution in [0.2, 0.25) is 0 Å². The molecule has 3 rings (SSSR count). The van der Waals surface area contributed by atoms with Gasteiger partial charge in [0.1, 0.15) is 0 Å². The highest BCUT2D eigenvalue weighted by Crippen LogP contribution is 2.23. The first-order chi connectivity index (χ1) is 8.40. The Hall–Kier alpha value is -2.20. The molecule has 0 amide bonds. The maximum Gasteiger partial charge on any atom is 0.0799 e. The molecule has 0 aliphatic carbocycles. The summed E-state index contributed by atoms with van der Waals surface area (Å²) in [6.45, 7) is 0.451. The third-order valence-electron chi connectivity index (χ3n) is 2.78. The van der Waals surface area contributed by atoms with Crippen molar-refractivity contribution in [2.45, 2.75) is 6.54 Å². The van der Waals surface area contributed by atoms with E-state index in [0.717, 1.165) is 22.2 Å². The Morgan fingerprint density at radius 3 is 2.82 bits per heavy atom. The minimum absolute atomic E-state index is 0.451. The summed E-state index contributed by atoms with van der Waals surface area (Å²) in [7, 11) is 0. The number of aromatic nitrogens is 3. The molecule has 0 radical (unpaired) electrons. The Morgan fingerprint density at radius 2 is 2.06 bits per heavy atom. The summed E-state index contributed by atoms with van der Waals surface area (Å²) < 4.78 is 1.84. The number of hydrogen-bond donors (Lipinski definition) is 1. The van der Waals surface area contributed by atoms with E-state index in [-0.39, 0.29) is 0 Å². The van der Waals surface area contributed by atoms with Crippen LogP contribution < -0.4 is 5.73 Å². The molecule has 2 heterocycles. The Bertz CT molecular complexity index is 644. The molecule has 0 aliphatic heterocycles. The van der Waals surface area contributed by atoms with Crippen molar-refractivity contribution >= 4 is 10.9 Å². The second kappa shape index (κ2) is 3.99. The molecule has 2 aromatic heterocycles. The lowest BCUT2D eigenvalue weighted by atomic mass is 10.1. The SMILES string of the molecule is NCc1cnc2ccccc2c1-n1cccn1. The highest BCUT2D eigenvalue weighted by molar-refractivity contribution is 5.88. The number of rotatable bonds is 2. The van der Waals surface area contributed by atoms with Gasteiger partial charge in [0.25, 0.3) is 0 Å². The molecule has 2 N–H and O–H groups in total. The minimum atomic E-state index is 0.451. The molecular formula is C13H12N4. The van der Waals surface area contributed by atoms with E-state index >= 15 is 0 Å². The van der Waals surface area contributed by atoms with Gasteiger partial charge in [0.15, 0.2) is 0 Å². The summed E-state index contributed by atoms with van der Waals surface area (Å²) in [6.07, 6.45) is 5.50. The van der Waals surface area contributed by atoms with Gasteiger partial charge in [-0.3, -0.25) is 4.98 Å². The molecule has 0 bridgehead atoms. The van der Waals surface area contributed by atoms with Crippen LogP contribution in [-0.4, -0.2) is 14.8 Å². The number of para-hydroxylation sites is 1. The third kappa shape index (κ3) is 1.59. The zero-order valence-electron chi connectivity index (χ0n) is 9.24. The van der Waals surface area contributed by atoms with Gasteiger partial charge >= 0.3 is 0 Å². The average Bonchev–Trinajstić information content (AvgIpc) is 2.91. The highest BCUT2D eigenvalue weighted by atomic mass is 15.3. The fraction of sp³-hybridized carbons (Fsp3) is 0.0769. The van der Waals surface area contributed by atoms with Crippen LogP contribution in [0.5, 0.6) is 0 Å². The quantitative estimate of drug-likeness (QED) is 0.723. The van der Waals surface area contributed by atoms with E-state index in [1.165, 1.54) is 0 Å². The Labute approximate surface area is 98.7 Å². The Kier molecular flexibility index (Phi) is 2.34. The topological polar surface area (TPSA) is 56.7 Å². The lowest BCUT2D eigenvalue weighted by molar-refractivity contribution is 0.863. The fourth-order valence-corrected chi connectivity index (χ4v) is 1.99. The lowest BCUT2D eigenvalue weighted by Crippen LogP contribution is -2.06. The van der Waals surface area contributed by atoms with E-state index in [4.69, 9.17) is 5.73 Å². The maximum absolute atomic E-state index is 5.77. The summed E-state index contributed by atoms with van der Waals surface area (Å²) in [6, 6.07) is 9.90. The normalized spacial score (nSPS) is 10.9. The van der Waals surface area contributed by atoms with Crippen molar-refractivity contribution in [3.8, 4) is 5.69 Å². The molecule has 3 aromatic rings. The van der Waals surface area contributed by atoms with Crippen LogP contribution in [0.3, 0.4) is 0 Å². The van der Waals surface area contributed by atoms with Gasteiger partial charge in [0.2, 0.25) is 0 Å². The zero-order chi connectivity index (χ0) is 11.7. The van der Waals surface area contributed by atoms with Gasteiger partial charge in [-0.05, 0) is 12.1 Å². The summed E-state index contributed by atoms with van der Waals surface area (Å²) in [5.74, 6) is 0. The van der Waals surface area contributed by atoms with Crippen molar-refractivity contribution in [3.63, 3.8) is 0 Å². The second-order valence-electron chi connectivity index (χ2n) is 3.80. The van der Waals surface area contributed by atoms with E-state index in [0.29, 0.717) is 6.54 Å². The highest BCUT2D eigenvalue weighted by Gasteiger charge is 2.09. The standard InChI is InChI=1S/C13H12N4/c14-8-10-9-15-12-5-2-1-4-11(12)13(10)17-7-3-6-16-17/h1-7,9H,8,14H2. The average molecular weight is 224 g/mol. The van der Waals surface area contributed by atoms with Gasteiger partial charge in [-0.25, -0.2) is 4.68 Å². The summed E-state index contributed by atoms with van der Waals surface area (Å²) in [5, 5.41) is 5.35. The first kappa shape index (κ1) is 9.99. The van der Waals surface area contributed by atoms with Crippen LogP contribution in [0, 0.1) is 0 Å². The number of benzene rings is 1. The van der Waals surface area contributed by atoms with E-state index in [2.05, 4.69) is 10.1 Å². The first-order valence-electron chi connectivity index (χ1n) is 5.47. The molecule has 0 fully saturated rings. The van der Waals surface area contributed by atoms with Crippen LogP contribution in [-0.2, 0) is 6.54 Å². The summed E-state index contributed by atoms with van der Waals surface area (Å²) in [4.78, 5) is 4.40. The molecule has 17 heavy (non-hydrogen) atoms. The molecule has 0 unspecified atom stereocenters. The summed E-state index contributed by atoms with van der Waals surface area (Å²) >= 11 is 0. The van der Waals surface area contributed by atoms with Crippen molar-refractivity contribution in [1.82, 2.24) is 14.8 Å². The molecule has 0 aliphatic rings. The zero-order valence-corrected chi connectivity index (χ0v) is 9.24. The van der Waals surface area contributed by atoms with E-state index in [1.54, 1.807) is 6.20 Å². The predicted octanol–water partition coefficient (Wildman–Crippen LogP) is 1.88. The molecule has 0 atom stereocenters. The van der Waals surface area contributed by atoms with Crippen LogP contribution in [0.4, 0.5) is 0 Å². The molecular weight excluding hydrogens is 212 g/mol. The van der Waals surface area contributed by atoms with Gasteiger partial charge < -0.3 is 5.73 Å². The van der Waals surface area contributed by atoms with Crippen molar-refractivity contribution in [2.75, 3.05) is 0 Å². The Morgan fingerprint density at radius 1 is 1.18 bits per heavy atom. The monoisotopic (exact) mass is 224 g/mol. The predicted molar refractivity (Wildman–Crippen MR) is 66.8 cm³/mol. The Balaban J connectivity index is 2.39. The third-order valence-corrected chi connectivity index (χ3v) is 2.78. The van der Waals surface area contributed by atoms with Crippen molar-refractivity contribution in [1.29, 1.82) is 0 Å². The molecule has 0 spiro atoms. The largest absolute Gasteiger partial charge is 0.326 e. The number of pyridine rings is 1. The van der Waals surface area contributed by atoms with Gasteiger partial charge in [-0.2, -0.15) is 5.10 Å². The molecule has 1 aromatic carbocycles. The van der Waals surface area contributed by atoms with Gasteiger partial charge in [-0.15, -0.1) is 0 Å². The van der Waals surface area contributed by atoms with Gasteiger partial charge in [0.05, 0.1) is 11.2 Å². The van der Waals surface area contributed by atoms with Crippen molar-refractivity contribution < 1.29 is 0 Å². The van der Waals surface area contributed by atoms with Crippen LogP contribution in [0.1, 0.15) is 5.56 Å². The van der Waals surface area contributed by atoms with Crippen molar-refractivity contribution in [2.24, 2.45) is 5.73 Å². The van der Waals surface area contributed by atoms with Crippen LogP contribution in [0.15, 0.2) is 48.9 Å². The number of nitrogens with two attached hydrogens (primary N) is 1. The molecule has 0 saturated carbocycles. The van der Waals surface area contributed by atoms with E-state index in [9.17, 15) is 0 Å². The maximum atomic E-state index is 5.77. The first-order valence-corrected chi connectivity index (χ1v) is 5.47. The second-order valence-corrected chi connectivity index (χ2v) is 3.80. The van der Waals surface area contributed by atoms with E-state index in [1.807, 2.05) is 47.4 Å². The van der Waals surface area contributed by atoms with Crippen molar-refractivity contribution in [3.05, 3.63) is 54.5 Å². The molecule has 4 heteroatoms. The number of hydrogen-bond acceptors (Lipinski definition) is 3. The lowest BCUT2D eigenvalue weighted by Gasteiger charge is -2.10. The summed E-state index contributed by atoms with van der Waals surface area (Å²) in [5.41, 5.74) is 8.73. The molecule has 0 saturated heterocycles. The minimum Gasteiger partial charge on any atom is -0.326 e. The molecule has 4 nitrogen and oxygen atoms in total. The fourth-order valence-electron chi connectivity index (χ4n) is 1.99. The van der Waals surface area contributed by atoms with E-state index < -0.39 is 0 Å². The van der Waals surface area contributed by atoms with Crippen LogP contribution in [0.25, 0.3) is 16.6 Å².